The molecule has 1 saturated carbocycles. The monoisotopic (exact) mass is 344 g/mol. The fraction of sp³-hybridized carbons (Fsp3) is 0.800. The minimum atomic E-state index is 0.345. The SMILES string of the molecule is O=C1CC[C@]2(CCCN(C3CCCCC3)C2)CN1CCc1cnc[nH]1. The third kappa shape index (κ3) is 3.91. The molecule has 0 radical (unpaired) electrons. The Labute approximate surface area is 151 Å². The molecule has 1 amide bonds. The van der Waals surface area contributed by atoms with Crippen LogP contribution in [0.25, 0.3) is 0 Å². The zero-order valence-corrected chi connectivity index (χ0v) is 15.4. The molecule has 0 bridgehead atoms. The first-order chi connectivity index (χ1) is 12.2. The quantitative estimate of drug-likeness (QED) is 0.913. The largest absolute Gasteiger partial charge is 0.348 e. The van der Waals surface area contributed by atoms with Gasteiger partial charge in [-0.3, -0.25) is 9.69 Å². The van der Waals surface area contributed by atoms with Gasteiger partial charge in [-0.15, -0.1) is 0 Å². The van der Waals surface area contributed by atoms with Gasteiger partial charge < -0.3 is 9.88 Å². The van der Waals surface area contributed by atoms with Crippen LogP contribution in [0.3, 0.4) is 0 Å². The highest BCUT2D eigenvalue weighted by Crippen LogP contribution is 2.40. The number of nitrogens with one attached hydrogen (secondary N) is 1. The number of aromatic nitrogens is 2. The van der Waals surface area contributed by atoms with Crippen LogP contribution in [0.4, 0.5) is 0 Å². The van der Waals surface area contributed by atoms with Crippen molar-refractivity contribution in [2.75, 3.05) is 26.2 Å². The molecule has 0 unspecified atom stereocenters. The standard InChI is InChI=1S/C20H32N4O/c25-19-7-10-20(15-24(19)12-8-17-13-21-16-22-17)9-4-11-23(14-20)18-5-2-1-3-6-18/h13,16,18H,1-12,14-15H2,(H,21,22)/t20-/m0/s1. The first kappa shape index (κ1) is 17.1. The lowest BCUT2D eigenvalue weighted by molar-refractivity contribution is -0.139. The molecular weight excluding hydrogens is 312 g/mol. The fourth-order valence-electron chi connectivity index (χ4n) is 5.32. The number of hydrogen-bond donors (Lipinski definition) is 1. The highest BCUT2D eigenvalue weighted by atomic mass is 16.2. The summed E-state index contributed by atoms with van der Waals surface area (Å²) >= 11 is 0. The highest BCUT2D eigenvalue weighted by Gasteiger charge is 2.42. The van der Waals surface area contributed by atoms with Crippen LogP contribution in [0.5, 0.6) is 0 Å². The van der Waals surface area contributed by atoms with Gasteiger partial charge in [0.2, 0.25) is 5.91 Å². The molecule has 0 aromatic carbocycles. The van der Waals surface area contributed by atoms with E-state index in [0.29, 0.717) is 11.3 Å². The molecule has 3 aliphatic rings. The fourth-order valence-corrected chi connectivity index (χ4v) is 5.32. The van der Waals surface area contributed by atoms with Gasteiger partial charge in [-0.25, -0.2) is 4.98 Å². The summed E-state index contributed by atoms with van der Waals surface area (Å²) in [5.74, 6) is 0.347. The van der Waals surface area contributed by atoms with Gasteiger partial charge >= 0.3 is 0 Å². The second-order valence-electron chi connectivity index (χ2n) is 8.51. The molecule has 3 fully saturated rings. The lowest BCUT2D eigenvalue weighted by Gasteiger charge is -2.50. The molecule has 1 aliphatic carbocycles. The van der Waals surface area contributed by atoms with Gasteiger partial charge in [-0.1, -0.05) is 19.3 Å². The number of rotatable bonds is 4. The number of carbonyl (C=O) groups excluding carboxylic acids is 1. The van der Waals surface area contributed by atoms with E-state index in [1.54, 1.807) is 6.33 Å². The Bertz CT molecular complexity index is 566. The molecule has 1 N–H and O–H groups in total. The van der Waals surface area contributed by atoms with E-state index in [-0.39, 0.29) is 0 Å². The Kier molecular flexibility index (Phi) is 5.11. The van der Waals surface area contributed by atoms with E-state index in [1.807, 2.05) is 6.20 Å². The summed E-state index contributed by atoms with van der Waals surface area (Å²) in [4.78, 5) is 24.6. The van der Waals surface area contributed by atoms with Gasteiger partial charge in [-0.2, -0.15) is 0 Å². The average molecular weight is 345 g/mol. The van der Waals surface area contributed by atoms with Crippen LogP contribution in [-0.2, 0) is 11.2 Å². The number of amides is 1. The smallest absolute Gasteiger partial charge is 0.222 e. The molecule has 5 heteroatoms. The number of imidazole rings is 1. The lowest BCUT2D eigenvalue weighted by Crippen LogP contribution is -2.56. The van der Waals surface area contributed by atoms with E-state index in [9.17, 15) is 4.79 Å². The van der Waals surface area contributed by atoms with Gasteiger partial charge in [0.15, 0.2) is 0 Å². The highest BCUT2D eigenvalue weighted by molar-refractivity contribution is 5.77. The zero-order valence-electron chi connectivity index (χ0n) is 15.4. The number of piperidine rings is 2. The van der Waals surface area contributed by atoms with Crippen LogP contribution in [0, 0.1) is 5.41 Å². The Balaban J connectivity index is 1.38. The number of carbonyl (C=O) groups is 1. The molecule has 2 aliphatic heterocycles. The van der Waals surface area contributed by atoms with Gasteiger partial charge in [-0.05, 0) is 38.6 Å². The van der Waals surface area contributed by atoms with Crippen molar-refractivity contribution in [3.63, 3.8) is 0 Å². The van der Waals surface area contributed by atoms with Crippen LogP contribution in [0.2, 0.25) is 0 Å². The normalized spacial score (nSPS) is 29.4. The number of aromatic amines is 1. The first-order valence-electron chi connectivity index (χ1n) is 10.2. The Morgan fingerprint density at radius 3 is 2.84 bits per heavy atom. The summed E-state index contributed by atoms with van der Waals surface area (Å²) < 4.78 is 0. The van der Waals surface area contributed by atoms with Crippen molar-refractivity contribution in [3.8, 4) is 0 Å². The molecule has 4 rings (SSSR count). The number of hydrogen-bond acceptors (Lipinski definition) is 3. The third-order valence-electron chi connectivity index (χ3n) is 6.74. The molecule has 1 atom stereocenters. The minimum Gasteiger partial charge on any atom is -0.348 e. The maximum absolute atomic E-state index is 12.4. The van der Waals surface area contributed by atoms with E-state index >= 15 is 0 Å². The Morgan fingerprint density at radius 1 is 1.16 bits per heavy atom. The van der Waals surface area contributed by atoms with Crippen LogP contribution < -0.4 is 0 Å². The van der Waals surface area contributed by atoms with Gasteiger partial charge in [0.25, 0.3) is 0 Å². The van der Waals surface area contributed by atoms with Crippen LogP contribution >= 0.6 is 0 Å². The molecule has 138 valence electrons. The maximum atomic E-state index is 12.4. The average Bonchev–Trinajstić information content (AvgIpc) is 3.17. The van der Waals surface area contributed by atoms with Gasteiger partial charge in [0.05, 0.1) is 6.33 Å². The number of likely N-dealkylation sites (tertiary alicyclic amines) is 2. The minimum absolute atomic E-state index is 0.345. The molecule has 1 aromatic heterocycles. The van der Waals surface area contributed by atoms with Gasteiger partial charge in [0.1, 0.15) is 0 Å². The van der Waals surface area contributed by atoms with Crippen molar-refractivity contribution in [1.82, 2.24) is 19.8 Å². The molecule has 2 saturated heterocycles. The summed E-state index contributed by atoms with van der Waals surface area (Å²) in [6, 6.07) is 0.807. The molecule has 3 heterocycles. The van der Waals surface area contributed by atoms with Crippen molar-refractivity contribution < 1.29 is 4.79 Å². The molecular formula is C20H32N4O. The van der Waals surface area contributed by atoms with Crippen molar-refractivity contribution in [1.29, 1.82) is 0 Å². The molecule has 1 spiro atoms. The third-order valence-corrected chi connectivity index (χ3v) is 6.74. The van der Waals surface area contributed by atoms with Crippen molar-refractivity contribution in [3.05, 3.63) is 18.2 Å². The summed E-state index contributed by atoms with van der Waals surface area (Å²) in [6.07, 6.45) is 15.9. The van der Waals surface area contributed by atoms with Crippen LogP contribution in [0.15, 0.2) is 12.5 Å². The van der Waals surface area contributed by atoms with Crippen LogP contribution in [0.1, 0.15) is 63.5 Å². The molecule has 1 aromatic rings. The van der Waals surface area contributed by atoms with Gasteiger partial charge in [0, 0.05) is 55.8 Å². The molecule has 5 nitrogen and oxygen atoms in total. The summed E-state index contributed by atoms with van der Waals surface area (Å²) in [6.45, 7) is 4.27. The van der Waals surface area contributed by atoms with Crippen molar-refractivity contribution >= 4 is 5.91 Å². The second-order valence-corrected chi connectivity index (χ2v) is 8.51. The number of nitrogens with zero attached hydrogens (tertiary/aromatic N) is 3. The zero-order chi connectivity index (χ0) is 17.1. The lowest BCUT2D eigenvalue weighted by atomic mass is 9.72. The maximum Gasteiger partial charge on any atom is 0.222 e. The summed E-state index contributed by atoms with van der Waals surface area (Å²) in [5.41, 5.74) is 1.47. The predicted molar refractivity (Wildman–Crippen MR) is 98.2 cm³/mol. The van der Waals surface area contributed by atoms with Crippen LogP contribution in [-0.4, -0.2) is 57.9 Å². The van der Waals surface area contributed by atoms with E-state index in [2.05, 4.69) is 19.8 Å². The Hall–Kier alpha value is -1.36. The Morgan fingerprint density at radius 2 is 2.04 bits per heavy atom. The van der Waals surface area contributed by atoms with Crippen molar-refractivity contribution in [2.45, 2.75) is 70.3 Å². The van der Waals surface area contributed by atoms with Crippen molar-refractivity contribution in [2.24, 2.45) is 5.41 Å². The predicted octanol–water partition coefficient (Wildman–Crippen LogP) is 2.99. The number of H-pyrrole nitrogens is 1. The first-order valence-corrected chi connectivity index (χ1v) is 10.2. The van der Waals surface area contributed by atoms with E-state index < -0.39 is 0 Å². The van der Waals surface area contributed by atoms with E-state index in [4.69, 9.17) is 0 Å². The second kappa shape index (κ2) is 7.48. The molecule has 25 heavy (non-hydrogen) atoms. The summed E-state index contributed by atoms with van der Waals surface area (Å²) in [7, 11) is 0. The van der Waals surface area contributed by atoms with E-state index in [1.165, 1.54) is 58.0 Å². The topological polar surface area (TPSA) is 52.2 Å². The van der Waals surface area contributed by atoms with E-state index in [0.717, 1.165) is 44.1 Å². The summed E-state index contributed by atoms with van der Waals surface area (Å²) in [5, 5.41) is 0.